The molecule has 0 amide bonds. The fourth-order valence-corrected chi connectivity index (χ4v) is 3.82. The predicted molar refractivity (Wildman–Crippen MR) is 142 cm³/mol. The highest BCUT2D eigenvalue weighted by atomic mass is 127. The Labute approximate surface area is 207 Å². The highest BCUT2D eigenvalue weighted by Gasteiger charge is 2.23. The van der Waals surface area contributed by atoms with Gasteiger partial charge in [-0.1, -0.05) is 35.4 Å². The molecule has 170 valence electrons. The minimum absolute atomic E-state index is 0. The summed E-state index contributed by atoms with van der Waals surface area (Å²) in [5.74, 6) is 1.50. The van der Waals surface area contributed by atoms with Crippen LogP contribution >= 0.6 is 24.0 Å². The number of nitrogens with zero attached hydrogens (tertiary/aromatic N) is 3. The molecular formula is C25H32IN5O. The number of benzene rings is 2. The Balaban J connectivity index is 0.00000289. The zero-order valence-corrected chi connectivity index (χ0v) is 21.3. The van der Waals surface area contributed by atoms with Crippen LogP contribution in [-0.2, 0) is 6.42 Å². The number of aryl methyl sites for hydroxylation is 2. The van der Waals surface area contributed by atoms with Gasteiger partial charge in [-0.2, -0.15) is 0 Å². The second kappa shape index (κ2) is 11.4. The molecule has 1 saturated heterocycles. The van der Waals surface area contributed by atoms with E-state index in [2.05, 4.69) is 75.8 Å². The third-order valence-corrected chi connectivity index (χ3v) is 5.68. The lowest BCUT2D eigenvalue weighted by Crippen LogP contribution is -2.45. The summed E-state index contributed by atoms with van der Waals surface area (Å²) in [5.41, 5.74) is 5.74. The first-order valence-corrected chi connectivity index (χ1v) is 10.9. The Bertz CT molecular complexity index is 1010. The van der Waals surface area contributed by atoms with Crippen molar-refractivity contribution in [3.8, 4) is 11.5 Å². The van der Waals surface area contributed by atoms with Crippen molar-refractivity contribution in [3.05, 3.63) is 71.6 Å². The molecule has 3 aromatic rings. The van der Waals surface area contributed by atoms with Crippen molar-refractivity contribution < 1.29 is 4.42 Å². The smallest absolute Gasteiger partial charge is 0.226 e. The van der Waals surface area contributed by atoms with Gasteiger partial charge in [-0.15, -0.1) is 24.0 Å². The Morgan fingerprint density at radius 1 is 1.09 bits per heavy atom. The Kier molecular flexibility index (Phi) is 8.55. The molecule has 2 heterocycles. The van der Waals surface area contributed by atoms with Crippen LogP contribution in [0.15, 0.2) is 64.2 Å². The maximum atomic E-state index is 5.65. The van der Waals surface area contributed by atoms with E-state index in [0.29, 0.717) is 11.9 Å². The number of guanidine groups is 1. The van der Waals surface area contributed by atoms with E-state index in [0.717, 1.165) is 49.7 Å². The summed E-state index contributed by atoms with van der Waals surface area (Å²) in [5, 5.41) is 6.95. The van der Waals surface area contributed by atoms with Gasteiger partial charge in [-0.3, -0.25) is 4.99 Å². The van der Waals surface area contributed by atoms with Gasteiger partial charge < -0.3 is 20.0 Å². The summed E-state index contributed by atoms with van der Waals surface area (Å²) in [6.45, 7) is 6.97. The van der Waals surface area contributed by atoms with E-state index in [1.165, 1.54) is 16.8 Å². The van der Waals surface area contributed by atoms with Crippen molar-refractivity contribution in [3.63, 3.8) is 0 Å². The first-order chi connectivity index (χ1) is 15.1. The third kappa shape index (κ3) is 6.25. The maximum Gasteiger partial charge on any atom is 0.226 e. The van der Waals surface area contributed by atoms with Crippen LogP contribution in [0.2, 0.25) is 0 Å². The Morgan fingerprint density at radius 2 is 1.78 bits per heavy atom. The summed E-state index contributed by atoms with van der Waals surface area (Å²) in [7, 11) is 1.81. The van der Waals surface area contributed by atoms with Gasteiger partial charge in [0.05, 0.1) is 5.69 Å². The van der Waals surface area contributed by atoms with Gasteiger partial charge in [-0.25, -0.2) is 4.98 Å². The van der Waals surface area contributed by atoms with Gasteiger partial charge in [0.15, 0.2) is 5.96 Å². The monoisotopic (exact) mass is 545 g/mol. The molecule has 0 aliphatic carbocycles. The molecule has 0 radical (unpaired) electrons. The van der Waals surface area contributed by atoms with E-state index in [1.54, 1.807) is 6.26 Å². The van der Waals surface area contributed by atoms with Crippen LogP contribution < -0.4 is 15.5 Å². The number of hydrogen-bond donors (Lipinski definition) is 2. The van der Waals surface area contributed by atoms with Crippen molar-refractivity contribution in [1.29, 1.82) is 0 Å². The largest absolute Gasteiger partial charge is 0.444 e. The predicted octanol–water partition coefficient (Wildman–Crippen LogP) is 4.56. The summed E-state index contributed by atoms with van der Waals surface area (Å²) < 4.78 is 5.65. The zero-order chi connectivity index (χ0) is 21.6. The Hall–Kier alpha value is -2.55. The molecule has 2 aromatic carbocycles. The number of hydrogen-bond acceptors (Lipinski definition) is 4. The molecule has 1 atom stereocenters. The lowest BCUT2D eigenvalue weighted by molar-refractivity contribution is 0.572. The third-order valence-electron chi connectivity index (χ3n) is 5.68. The van der Waals surface area contributed by atoms with Gasteiger partial charge in [0.1, 0.15) is 6.26 Å². The minimum Gasteiger partial charge on any atom is -0.444 e. The molecule has 1 aromatic heterocycles. The molecule has 0 bridgehead atoms. The van der Waals surface area contributed by atoms with Gasteiger partial charge in [-0.05, 0) is 44.5 Å². The second-order valence-corrected chi connectivity index (χ2v) is 8.17. The Morgan fingerprint density at radius 3 is 2.47 bits per heavy atom. The molecule has 6 nitrogen and oxygen atoms in total. The quantitative estimate of drug-likeness (QED) is 0.270. The molecule has 2 N–H and O–H groups in total. The molecular weight excluding hydrogens is 513 g/mol. The molecule has 1 aliphatic rings. The minimum atomic E-state index is 0. The van der Waals surface area contributed by atoms with Gasteiger partial charge in [0, 0.05) is 50.4 Å². The van der Waals surface area contributed by atoms with E-state index in [9.17, 15) is 0 Å². The number of aliphatic imine (C=N–C) groups is 1. The van der Waals surface area contributed by atoms with Crippen LogP contribution in [0.1, 0.15) is 23.2 Å². The number of aromatic nitrogens is 1. The van der Waals surface area contributed by atoms with Crippen LogP contribution in [0.4, 0.5) is 5.69 Å². The molecule has 0 spiro atoms. The summed E-state index contributed by atoms with van der Waals surface area (Å²) in [4.78, 5) is 11.4. The highest BCUT2D eigenvalue weighted by Crippen LogP contribution is 2.21. The first kappa shape index (κ1) is 24.1. The maximum absolute atomic E-state index is 5.65. The average molecular weight is 545 g/mol. The molecule has 4 rings (SSSR count). The number of halogens is 1. The van der Waals surface area contributed by atoms with Gasteiger partial charge in [0.2, 0.25) is 5.89 Å². The van der Waals surface area contributed by atoms with Crippen molar-refractivity contribution in [2.24, 2.45) is 4.99 Å². The lowest BCUT2D eigenvalue weighted by atomic mass is 10.1. The fourth-order valence-electron chi connectivity index (χ4n) is 3.82. The molecule has 1 fully saturated rings. The number of oxazole rings is 1. The molecule has 32 heavy (non-hydrogen) atoms. The molecule has 7 heteroatoms. The van der Waals surface area contributed by atoms with E-state index >= 15 is 0 Å². The number of rotatable bonds is 6. The van der Waals surface area contributed by atoms with Crippen molar-refractivity contribution in [2.45, 2.75) is 32.7 Å². The molecule has 1 aliphatic heterocycles. The standard InChI is InChI=1S/C25H31N5O.HI/c1-18-4-8-20(9-5-18)24-28-22(17-31-24)12-14-27-25(26-3)29-21-13-15-30(16-21)23-10-6-19(2)7-11-23;/h4-11,17,21H,12-16H2,1-3H3,(H2,26,27,29);1H. The van der Waals surface area contributed by atoms with Crippen molar-refractivity contribution in [2.75, 3.05) is 31.6 Å². The van der Waals surface area contributed by atoms with Crippen molar-refractivity contribution >= 4 is 35.6 Å². The van der Waals surface area contributed by atoms with Gasteiger partial charge in [0.25, 0.3) is 0 Å². The zero-order valence-electron chi connectivity index (χ0n) is 19.0. The second-order valence-electron chi connectivity index (χ2n) is 8.17. The van der Waals surface area contributed by atoms with Gasteiger partial charge >= 0.3 is 0 Å². The highest BCUT2D eigenvalue weighted by molar-refractivity contribution is 14.0. The van der Waals surface area contributed by atoms with Crippen LogP contribution in [0, 0.1) is 13.8 Å². The molecule has 1 unspecified atom stereocenters. The number of nitrogens with one attached hydrogen (secondary N) is 2. The first-order valence-electron chi connectivity index (χ1n) is 10.9. The van der Waals surface area contributed by atoms with Crippen LogP contribution in [0.5, 0.6) is 0 Å². The van der Waals surface area contributed by atoms with E-state index in [4.69, 9.17) is 4.42 Å². The summed E-state index contributed by atoms with van der Waals surface area (Å²) in [6.07, 6.45) is 3.61. The lowest BCUT2D eigenvalue weighted by Gasteiger charge is -2.20. The fraction of sp³-hybridized carbons (Fsp3) is 0.360. The number of anilines is 1. The SMILES string of the molecule is CN=C(NCCc1coc(-c2ccc(C)cc2)n1)NC1CCN(c2ccc(C)cc2)C1.I. The van der Waals surface area contributed by atoms with E-state index in [1.807, 2.05) is 19.2 Å². The van der Waals surface area contributed by atoms with E-state index in [-0.39, 0.29) is 24.0 Å². The molecule has 0 saturated carbocycles. The van der Waals surface area contributed by atoms with E-state index < -0.39 is 0 Å². The van der Waals surface area contributed by atoms with Crippen molar-refractivity contribution in [1.82, 2.24) is 15.6 Å². The average Bonchev–Trinajstić information content (AvgIpc) is 3.44. The van der Waals surface area contributed by atoms with Crippen LogP contribution in [0.25, 0.3) is 11.5 Å². The van der Waals surface area contributed by atoms with Crippen LogP contribution in [0.3, 0.4) is 0 Å². The normalized spacial score (nSPS) is 16.0. The summed E-state index contributed by atoms with van der Waals surface area (Å²) in [6, 6.07) is 17.3. The topological polar surface area (TPSA) is 65.7 Å². The summed E-state index contributed by atoms with van der Waals surface area (Å²) >= 11 is 0. The van der Waals surface area contributed by atoms with Crippen LogP contribution in [-0.4, -0.2) is 43.7 Å².